The molecule has 1 amide bonds. The number of hydrogen-bond donors (Lipinski definition) is 0. The Hall–Kier alpha value is -0.810. The van der Waals surface area contributed by atoms with Crippen LogP contribution in [0.5, 0.6) is 0 Å². The molecule has 2 fully saturated rings. The molecule has 1 aromatic rings. The molecule has 2 aliphatic rings. The monoisotopic (exact) mass is 285 g/mol. The number of likely N-dealkylation sites (tertiary alicyclic amines) is 1. The highest BCUT2D eigenvalue weighted by Gasteiger charge is 2.36. The van der Waals surface area contributed by atoms with Gasteiger partial charge >= 0.3 is 0 Å². The Balaban J connectivity index is 1.76. The second kappa shape index (κ2) is 3.89. The zero-order chi connectivity index (χ0) is 11.1. The molecule has 2 unspecified atom stereocenters. The number of rotatable bonds is 1. The number of hydrogen-bond acceptors (Lipinski definition) is 3. The first-order valence-corrected chi connectivity index (χ1v) is 6.22. The van der Waals surface area contributed by atoms with Gasteiger partial charge < -0.3 is 14.1 Å². The third kappa shape index (κ3) is 1.78. The minimum Gasteiger partial charge on any atom is -0.444 e. The van der Waals surface area contributed by atoms with Crippen molar-refractivity contribution in [3.63, 3.8) is 0 Å². The quantitative estimate of drug-likeness (QED) is 0.793. The number of morpholine rings is 1. The van der Waals surface area contributed by atoms with Crippen molar-refractivity contribution in [1.29, 1.82) is 0 Å². The largest absolute Gasteiger partial charge is 0.444 e. The average molecular weight is 286 g/mol. The Morgan fingerprint density at radius 3 is 2.56 bits per heavy atom. The lowest BCUT2D eigenvalue weighted by Gasteiger charge is -2.31. The molecule has 2 saturated heterocycles. The van der Waals surface area contributed by atoms with Crippen molar-refractivity contribution >= 4 is 21.8 Å². The number of halogens is 1. The fourth-order valence-electron chi connectivity index (χ4n) is 2.37. The van der Waals surface area contributed by atoms with E-state index in [4.69, 9.17) is 9.15 Å². The van der Waals surface area contributed by atoms with Gasteiger partial charge in [0, 0.05) is 13.1 Å². The Morgan fingerprint density at radius 1 is 1.31 bits per heavy atom. The first-order valence-electron chi connectivity index (χ1n) is 5.42. The minimum absolute atomic E-state index is 0.0362. The summed E-state index contributed by atoms with van der Waals surface area (Å²) in [6.45, 7) is 1.38. The van der Waals surface area contributed by atoms with Crippen molar-refractivity contribution in [3.05, 3.63) is 22.6 Å². The standard InChI is InChI=1S/C11H12BrNO3/c12-10-4-3-9(16-10)11(14)13-5-7-1-2-8(6-13)15-7/h3-4,7-8H,1-2,5-6H2. The van der Waals surface area contributed by atoms with E-state index >= 15 is 0 Å². The van der Waals surface area contributed by atoms with Gasteiger partial charge in [-0.15, -0.1) is 0 Å². The van der Waals surface area contributed by atoms with Crippen LogP contribution in [-0.4, -0.2) is 36.1 Å². The van der Waals surface area contributed by atoms with Gasteiger partial charge in [0.1, 0.15) is 0 Å². The van der Waals surface area contributed by atoms with Crippen LogP contribution < -0.4 is 0 Å². The molecule has 5 heteroatoms. The van der Waals surface area contributed by atoms with Gasteiger partial charge in [0.25, 0.3) is 5.91 Å². The van der Waals surface area contributed by atoms with E-state index in [1.54, 1.807) is 12.1 Å². The van der Waals surface area contributed by atoms with Crippen molar-refractivity contribution in [3.8, 4) is 0 Å². The van der Waals surface area contributed by atoms with E-state index in [-0.39, 0.29) is 18.1 Å². The highest BCUT2D eigenvalue weighted by molar-refractivity contribution is 9.10. The van der Waals surface area contributed by atoms with Crippen molar-refractivity contribution in [1.82, 2.24) is 4.90 Å². The Morgan fingerprint density at radius 2 is 2.00 bits per heavy atom. The van der Waals surface area contributed by atoms with Crippen LogP contribution >= 0.6 is 15.9 Å². The van der Waals surface area contributed by atoms with Crippen molar-refractivity contribution in [2.24, 2.45) is 0 Å². The minimum atomic E-state index is -0.0362. The molecule has 4 nitrogen and oxygen atoms in total. The summed E-state index contributed by atoms with van der Waals surface area (Å²) in [5, 5.41) is 0. The SMILES string of the molecule is O=C(c1ccc(Br)o1)N1CC2CCC(C1)O2. The second-order valence-corrected chi connectivity index (χ2v) is 5.05. The third-order valence-electron chi connectivity index (χ3n) is 3.11. The third-order valence-corrected chi connectivity index (χ3v) is 3.54. The fraction of sp³-hybridized carbons (Fsp3) is 0.545. The van der Waals surface area contributed by atoms with Crippen molar-refractivity contribution < 1.29 is 13.9 Å². The first-order chi connectivity index (χ1) is 7.72. The zero-order valence-corrected chi connectivity index (χ0v) is 10.3. The lowest BCUT2D eigenvalue weighted by Crippen LogP contribution is -2.45. The zero-order valence-electron chi connectivity index (χ0n) is 8.69. The van der Waals surface area contributed by atoms with Crippen LogP contribution in [0.4, 0.5) is 0 Å². The maximum atomic E-state index is 12.1. The Kier molecular flexibility index (Phi) is 2.52. The van der Waals surface area contributed by atoms with Crippen LogP contribution in [0.25, 0.3) is 0 Å². The van der Waals surface area contributed by atoms with E-state index in [1.807, 2.05) is 4.90 Å². The Bertz CT molecular complexity index is 405. The molecule has 0 saturated carbocycles. The Labute approximate surface area is 102 Å². The molecule has 0 N–H and O–H groups in total. The predicted molar refractivity (Wildman–Crippen MR) is 60.2 cm³/mol. The number of nitrogens with zero attached hydrogens (tertiary/aromatic N) is 1. The second-order valence-electron chi connectivity index (χ2n) is 4.27. The summed E-state index contributed by atoms with van der Waals surface area (Å²) in [6, 6.07) is 3.44. The van der Waals surface area contributed by atoms with E-state index in [0.717, 1.165) is 12.8 Å². The number of furan rings is 1. The number of fused-ring (bicyclic) bond motifs is 2. The summed E-state index contributed by atoms with van der Waals surface area (Å²) in [5.41, 5.74) is 0. The van der Waals surface area contributed by atoms with Gasteiger partial charge in [-0.05, 0) is 40.9 Å². The lowest BCUT2D eigenvalue weighted by molar-refractivity contribution is -0.0312. The van der Waals surface area contributed by atoms with Crippen LogP contribution in [0.15, 0.2) is 21.2 Å². The summed E-state index contributed by atoms with van der Waals surface area (Å²) in [6.07, 6.45) is 2.58. The van der Waals surface area contributed by atoms with Gasteiger partial charge in [0.05, 0.1) is 12.2 Å². The van der Waals surface area contributed by atoms with Gasteiger partial charge in [0.2, 0.25) is 0 Å². The van der Waals surface area contributed by atoms with Gasteiger partial charge in [-0.2, -0.15) is 0 Å². The fourth-order valence-corrected chi connectivity index (χ4v) is 2.67. The summed E-state index contributed by atoms with van der Waals surface area (Å²) >= 11 is 3.20. The van der Waals surface area contributed by atoms with E-state index in [9.17, 15) is 4.79 Å². The van der Waals surface area contributed by atoms with Crippen molar-refractivity contribution in [2.75, 3.05) is 13.1 Å². The van der Waals surface area contributed by atoms with Crippen LogP contribution in [0.1, 0.15) is 23.4 Å². The number of carbonyl (C=O) groups is 1. The molecule has 2 bridgehead atoms. The molecule has 3 rings (SSSR count). The van der Waals surface area contributed by atoms with E-state index < -0.39 is 0 Å². The van der Waals surface area contributed by atoms with E-state index in [2.05, 4.69) is 15.9 Å². The topological polar surface area (TPSA) is 42.7 Å². The average Bonchev–Trinajstić information content (AvgIpc) is 2.84. The van der Waals surface area contributed by atoms with Crippen LogP contribution in [-0.2, 0) is 4.74 Å². The maximum absolute atomic E-state index is 12.1. The normalized spacial score (nSPS) is 28.4. The van der Waals surface area contributed by atoms with Crippen LogP contribution in [0.2, 0.25) is 0 Å². The molecule has 16 heavy (non-hydrogen) atoms. The predicted octanol–water partition coefficient (Wildman–Crippen LogP) is 2.05. The number of amides is 1. The molecule has 1 aromatic heterocycles. The summed E-state index contributed by atoms with van der Waals surface area (Å²) in [7, 11) is 0. The van der Waals surface area contributed by atoms with Gasteiger partial charge in [-0.3, -0.25) is 4.79 Å². The molecular weight excluding hydrogens is 274 g/mol. The van der Waals surface area contributed by atoms with Crippen molar-refractivity contribution in [2.45, 2.75) is 25.0 Å². The summed E-state index contributed by atoms with van der Waals surface area (Å²) in [5.74, 6) is 0.360. The molecule has 0 aliphatic carbocycles. The van der Waals surface area contributed by atoms with Crippen LogP contribution in [0, 0.1) is 0 Å². The molecule has 2 atom stereocenters. The molecule has 0 aromatic carbocycles. The molecule has 0 spiro atoms. The van der Waals surface area contributed by atoms with Gasteiger partial charge in [0.15, 0.2) is 10.4 Å². The first kappa shape index (κ1) is 10.4. The van der Waals surface area contributed by atoms with E-state index in [1.165, 1.54) is 0 Å². The summed E-state index contributed by atoms with van der Waals surface area (Å²) in [4.78, 5) is 13.9. The highest BCUT2D eigenvalue weighted by atomic mass is 79.9. The highest BCUT2D eigenvalue weighted by Crippen LogP contribution is 2.27. The van der Waals surface area contributed by atoms with Gasteiger partial charge in [-0.1, -0.05) is 0 Å². The molecule has 3 heterocycles. The molecule has 86 valence electrons. The lowest BCUT2D eigenvalue weighted by atomic mass is 10.2. The molecule has 2 aliphatic heterocycles. The van der Waals surface area contributed by atoms with Crippen LogP contribution in [0.3, 0.4) is 0 Å². The molecule has 0 radical (unpaired) electrons. The summed E-state index contributed by atoms with van der Waals surface area (Å²) < 4.78 is 11.5. The smallest absolute Gasteiger partial charge is 0.289 e. The number of carbonyl (C=O) groups excluding carboxylic acids is 1. The maximum Gasteiger partial charge on any atom is 0.289 e. The van der Waals surface area contributed by atoms with E-state index in [0.29, 0.717) is 23.5 Å². The molecular formula is C11H12BrNO3. The number of ether oxygens (including phenoxy) is 1. The van der Waals surface area contributed by atoms with Gasteiger partial charge in [-0.25, -0.2) is 0 Å².